The third-order valence-corrected chi connectivity index (χ3v) is 3.96. The third kappa shape index (κ3) is 5.01. The van der Waals surface area contributed by atoms with Crippen LogP contribution in [0.1, 0.15) is 36.4 Å². The van der Waals surface area contributed by atoms with Crippen molar-refractivity contribution in [1.82, 2.24) is 5.32 Å². The van der Waals surface area contributed by atoms with Crippen LogP contribution in [0.5, 0.6) is 0 Å². The van der Waals surface area contributed by atoms with E-state index in [0.717, 1.165) is 31.7 Å². The van der Waals surface area contributed by atoms with Crippen LogP contribution in [-0.2, 0) is 13.0 Å². The summed E-state index contributed by atoms with van der Waals surface area (Å²) < 4.78 is 0. The van der Waals surface area contributed by atoms with Crippen LogP contribution >= 0.6 is 22.9 Å². The molecular formula is C12H20ClNS. The molecule has 0 bridgehead atoms. The fourth-order valence-corrected chi connectivity index (χ4v) is 2.53. The van der Waals surface area contributed by atoms with Crippen molar-refractivity contribution in [1.29, 1.82) is 0 Å². The molecule has 1 unspecified atom stereocenters. The van der Waals surface area contributed by atoms with Crippen molar-refractivity contribution in [3.8, 4) is 0 Å². The maximum absolute atomic E-state index is 5.66. The molecule has 86 valence electrons. The molecule has 0 aliphatic carbocycles. The first-order valence-electron chi connectivity index (χ1n) is 5.63. The molecule has 1 heterocycles. The van der Waals surface area contributed by atoms with Gasteiger partial charge in [-0.2, -0.15) is 0 Å². The molecule has 0 saturated carbocycles. The molecule has 0 saturated heterocycles. The summed E-state index contributed by atoms with van der Waals surface area (Å²) in [6.45, 7) is 5.42. The Balaban J connectivity index is 2.24. The van der Waals surface area contributed by atoms with Gasteiger partial charge in [0.05, 0.1) is 0 Å². The number of hydrogen-bond donors (Lipinski definition) is 1. The maximum Gasteiger partial charge on any atom is 0.0302 e. The Morgan fingerprint density at radius 3 is 2.73 bits per heavy atom. The molecule has 0 amide bonds. The van der Waals surface area contributed by atoms with Crippen LogP contribution in [0.25, 0.3) is 0 Å². The first kappa shape index (κ1) is 13.0. The second kappa shape index (κ2) is 7.26. The molecule has 0 aliphatic rings. The largest absolute Gasteiger partial charge is 0.309 e. The average Bonchev–Trinajstić information content (AvgIpc) is 2.71. The summed E-state index contributed by atoms with van der Waals surface area (Å²) in [6, 6.07) is 5.02. The van der Waals surface area contributed by atoms with Crippen LogP contribution in [0.3, 0.4) is 0 Å². The molecule has 0 aromatic carbocycles. The monoisotopic (exact) mass is 245 g/mol. The smallest absolute Gasteiger partial charge is 0.0302 e. The zero-order valence-corrected chi connectivity index (χ0v) is 11.1. The number of thiophene rings is 1. The standard InChI is InChI=1S/C12H20ClNS/c1-3-11-6-7-12(15-11)9-14-10(2)5-4-8-13/h6-7,10,14H,3-5,8-9H2,1-2H3. The van der Waals surface area contributed by atoms with E-state index in [1.165, 1.54) is 9.75 Å². The highest BCUT2D eigenvalue weighted by Gasteiger charge is 2.02. The van der Waals surface area contributed by atoms with E-state index in [1.807, 2.05) is 11.3 Å². The zero-order valence-electron chi connectivity index (χ0n) is 9.55. The molecule has 0 radical (unpaired) electrons. The number of rotatable bonds is 7. The molecular weight excluding hydrogens is 226 g/mol. The van der Waals surface area contributed by atoms with Gasteiger partial charge in [-0.25, -0.2) is 0 Å². The lowest BCUT2D eigenvalue weighted by molar-refractivity contribution is 0.512. The molecule has 15 heavy (non-hydrogen) atoms. The molecule has 1 atom stereocenters. The lowest BCUT2D eigenvalue weighted by Gasteiger charge is -2.11. The van der Waals surface area contributed by atoms with Crippen molar-refractivity contribution in [2.75, 3.05) is 5.88 Å². The van der Waals surface area contributed by atoms with Crippen molar-refractivity contribution < 1.29 is 0 Å². The van der Waals surface area contributed by atoms with E-state index >= 15 is 0 Å². The highest BCUT2D eigenvalue weighted by Crippen LogP contribution is 2.16. The van der Waals surface area contributed by atoms with Gasteiger partial charge < -0.3 is 5.32 Å². The van der Waals surface area contributed by atoms with Gasteiger partial charge in [-0.15, -0.1) is 22.9 Å². The minimum Gasteiger partial charge on any atom is -0.309 e. The van der Waals surface area contributed by atoms with Gasteiger partial charge >= 0.3 is 0 Å². The van der Waals surface area contributed by atoms with Crippen LogP contribution in [0, 0.1) is 0 Å². The Labute approximate surface area is 102 Å². The Bertz CT molecular complexity index is 272. The first-order valence-corrected chi connectivity index (χ1v) is 6.98. The lowest BCUT2D eigenvalue weighted by Crippen LogP contribution is -2.24. The number of nitrogens with one attached hydrogen (secondary N) is 1. The van der Waals surface area contributed by atoms with Crippen molar-refractivity contribution in [2.24, 2.45) is 0 Å². The highest BCUT2D eigenvalue weighted by atomic mass is 35.5. The van der Waals surface area contributed by atoms with Gasteiger partial charge in [0, 0.05) is 28.2 Å². The van der Waals surface area contributed by atoms with Crippen LogP contribution in [-0.4, -0.2) is 11.9 Å². The van der Waals surface area contributed by atoms with Gasteiger partial charge in [-0.05, 0) is 38.3 Å². The van der Waals surface area contributed by atoms with E-state index in [2.05, 4.69) is 31.3 Å². The second-order valence-corrected chi connectivity index (χ2v) is 5.47. The minimum atomic E-state index is 0.566. The van der Waals surface area contributed by atoms with Gasteiger partial charge in [0.25, 0.3) is 0 Å². The Morgan fingerprint density at radius 2 is 2.13 bits per heavy atom. The quantitative estimate of drug-likeness (QED) is 0.721. The Morgan fingerprint density at radius 1 is 1.40 bits per heavy atom. The summed E-state index contributed by atoms with van der Waals surface area (Å²) in [5.74, 6) is 0.769. The van der Waals surface area contributed by atoms with Gasteiger partial charge in [-0.3, -0.25) is 0 Å². The highest BCUT2D eigenvalue weighted by molar-refractivity contribution is 7.11. The van der Waals surface area contributed by atoms with Crippen molar-refractivity contribution in [2.45, 2.75) is 45.7 Å². The second-order valence-electron chi connectivity index (χ2n) is 3.83. The summed E-state index contributed by atoms with van der Waals surface area (Å²) in [6.07, 6.45) is 3.41. The SMILES string of the molecule is CCc1ccc(CNC(C)CCCCl)s1. The van der Waals surface area contributed by atoms with Crippen LogP contribution < -0.4 is 5.32 Å². The van der Waals surface area contributed by atoms with Crippen molar-refractivity contribution in [3.63, 3.8) is 0 Å². The summed E-state index contributed by atoms with van der Waals surface area (Å²) in [5, 5.41) is 3.52. The van der Waals surface area contributed by atoms with E-state index in [1.54, 1.807) is 0 Å². The van der Waals surface area contributed by atoms with Crippen LogP contribution in [0.4, 0.5) is 0 Å². The number of hydrogen-bond acceptors (Lipinski definition) is 2. The summed E-state index contributed by atoms with van der Waals surface area (Å²) in [4.78, 5) is 2.91. The average molecular weight is 246 g/mol. The zero-order chi connectivity index (χ0) is 11.1. The topological polar surface area (TPSA) is 12.0 Å². The number of halogens is 1. The molecule has 1 rings (SSSR count). The molecule has 0 spiro atoms. The first-order chi connectivity index (χ1) is 7.26. The van der Waals surface area contributed by atoms with E-state index in [0.29, 0.717) is 6.04 Å². The van der Waals surface area contributed by atoms with Gasteiger partial charge in [0.15, 0.2) is 0 Å². The van der Waals surface area contributed by atoms with E-state index in [4.69, 9.17) is 11.6 Å². The molecule has 1 aromatic rings. The normalized spacial score (nSPS) is 13.0. The van der Waals surface area contributed by atoms with Gasteiger partial charge in [0.2, 0.25) is 0 Å². The van der Waals surface area contributed by atoms with Crippen molar-refractivity contribution >= 4 is 22.9 Å². The van der Waals surface area contributed by atoms with E-state index < -0.39 is 0 Å². The molecule has 1 nitrogen and oxygen atoms in total. The van der Waals surface area contributed by atoms with Gasteiger partial charge in [0.1, 0.15) is 0 Å². The molecule has 0 fully saturated rings. The summed E-state index contributed by atoms with van der Waals surface area (Å²) in [5.41, 5.74) is 0. The van der Waals surface area contributed by atoms with Crippen LogP contribution in [0.15, 0.2) is 12.1 Å². The summed E-state index contributed by atoms with van der Waals surface area (Å²) >= 11 is 7.57. The third-order valence-electron chi connectivity index (χ3n) is 2.46. The lowest BCUT2D eigenvalue weighted by atomic mass is 10.2. The van der Waals surface area contributed by atoms with Crippen molar-refractivity contribution in [3.05, 3.63) is 21.9 Å². The fraction of sp³-hybridized carbons (Fsp3) is 0.667. The number of alkyl halides is 1. The maximum atomic E-state index is 5.66. The van der Waals surface area contributed by atoms with E-state index in [9.17, 15) is 0 Å². The van der Waals surface area contributed by atoms with E-state index in [-0.39, 0.29) is 0 Å². The summed E-state index contributed by atoms with van der Waals surface area (Å²) in [7, 11) is 0. The predicted octanol–water partition coefficient (Wildman–Crippen LogP) is 3.81. The molecule has 0 aliphatic heterocycles. The molecule has 3 heteroatoms. The Hall–Kier alpha value is -0.0500. The minimum absolute atomic E-state index is 0.566. The van der Waals surface area contributed by atoms with Crippen LogP contribution in [0.2, 0.25) is 0 Å². The van der Waals surface area contributed by atoms with Gasteiger partial charge in [-0.1, -0.05) is 6.92 Å². The Kier molecular flexibility index (Phi) is 6.30. The molecule has 1 aromatic heterocycles. The fourth-order valence-electron chi connectivity index (χ4n) is 1.47. The predicted molar refractivity (Wildman–Crippen MR) is 70.0 cm³/mol. The molecule has 1 N–H and O–H groups in total. The number of aryl methyl sites for hydroxylation is 1.